The molecule has 0 saturated heterocycles. The second-order valence-electron chi connectivity index (χ2n) is 4.71. The minimum absolute atomic E-state index is 0.146. The molecule has 0 fully saturated rings. The largest absolute Gasteiger partial charge is 0.361 e. The van der Waals surface area contributed by atoms with Crippen molar-refractivity contribution < 1.29 is 9.18 Å². The second-order valence-corrected chi connectivity index (χ2v) is 5.56. The third-order valence-corrected chi connectivity index (χ3v) is 3.92. The van der Waals surface area contributed by atoms with E-state index >= 15 is 0 Å². The standard InChI is InChI=1S/C16H12BrFN2O/c17-13-3-1-2-4-15(13)20-16(21)7-10-9-19-14-6-5-11(18)8-12(10)14/h1-6,8-9,19H,7H2,(H,20,21). The molecule has 0 atom stereocenters. The molecule has 0 unspecified atom stereocenters. The van der Waals surface area contributed by atoms with Gasteiger partial charge in [-0.15, -0.1) is 0 Å². The third-order valence-electron chi connectivity index (χ3n) is 3.23. The van der Waals surface area contributed by atoms with E-state index in [0.717, 1.165) is 20.9 Å². The van der Waals surface area contributed by atoms with Gasteiger partial charge in [0.1, 0.15) is 5.82 Å². The van der Waals surface area contributed by atoms with Gasteiger partial charge >= 0.3 is 0 Å². The highest BCUT2D eigenvalue weighted by Gasteiger charge is 2.10. The van der Waals surface area contributed by atoms with Crippen molar-refractivity contribution in [1.82, 2.24) is 4.98 Å². The number of fused-ring (bicyclic) bond motifs is 1. The molecule has 0 aliphatic heterocycles. The zero-order valence-electron chi connectivity index (χ0n) is 11.0. The lowest BCUT2D eigenvalue weighted by molar-refractivity contribution is -0.115. The molecule has 1 aromatic heterocycles. The van der Waals surface area contributed by atoms with Gasteiger partial charge in [0.25, 0.3) is 0 Å². The lowest BCUT2D eigenvalue weighted by atomic mass is 10.1. The molecule has 0 aliphatic rings. The number of hydrogen-bond donors (Lipinski definition) is 2. The molecule has 0 bridgehead atoms. The summed E-state index contributed by atoms with van der Waals surface area (Å²) in [6.45, 7) is 0. The van der Waals surface area contributed by atoms with Crippen LogP contribution in [0.1, 0.15) is 5.56 Å². The number of para-hydroxylation sites is 1. The number of carbonyl (C=O) groups is 1. The van der Waals surface area contributed by atoms with Crippen LogP contribution < -0.4 is 5.32 Å². The average Bonchev–Trinajstić information content (AvgIpc) is 2.84. The summed E-state index contributed by atoms with van der Waals surface area (Å²) in [5.41, 5.74) is 2.31. The molecule has 0 radical (unpaired) electrons. The van der Waals surface area contributed by atoms with Gasteiger partial charge in [0.05, 0.1) is 12.1 Å². The zero-order valence-corrected chi connectivity index (χ0v) is 12.6. The normalized spacial score (nSPS) is 10.8. The Labute approximate surface area is 129 Å². The summed E-state index contributed by atoms with van der Waals surface area (Å²) in [6, 6.07) is 11.9. The van der Waals surface area contributed by atoms with Gasteiger partial charge in [0.15, 0.2) is 0 Å². The monoisotopic (exact) mass is 346 g/mol. The number of rotatable bonds is 3. The van der Waals surface area contributed by atoms with Crippen LogP contribution in [0.5, 0.6) is 0 Å². The Morgan fingerprint density at radius 2 is 2.05 bits per heavy atom. The Hall–Kier alpha value is -2.14. The van der Waals surface area contributed by atoms with Gasteiger partial charge in [-0.1, -0.05) is 12.1 Å². The summed E-state index contributed by atoms with van der Waals surface area (Å²) in [7, 11) is 0. The fraction of sp³-hybridized carbons (Fsp3) is 0.0625. The van der Waals surface area contributed by atoms with Crippen molar-refractivity contribution in [3.05, 3.63) is 64.5 Å². The van der Waals surface area contributed by atoms with E-state index < -0.39 is 0 Å². The molecule has 21 heavy (non-hydrogen) atoms. The number of nitrogens with one attached hydrogen (secondary N) is 2. The molecule has 106 valence electrons. The number of aromatic amines is 1. The quantitative estimate of drug-likeness (QED) is 0.731. The number of aromatic nitrogens is 1. The van der Waals surface area contributed by atoms with E-state index in [1.165, 1.54) is 12.1 Å². The summed E-state index contributed by atoms with van der Waals surface area (Å²) >= 11 is 3.38. The van der Waals surface area contributed by atoms with E-state index in [9.17, 15) is 9.18 Å². The predicted molar refractivity (Wildman–Crippen MR) is 84.7 cm³/mol. The lowest BCUT2D eigenvalue weighted by Gasteiger charge is -2.06. The molecule has 0 aliphatic carbocycles. The van der Waals surface area contributed by atoms with E-state index in [-0.39, 0.29) is 18.1 Å². The van der Waals surface area contributed by atoms with Crippen LogP contribution in [0.15, 0.2) is 53.1 Å². The van der Waals surface area contributed by atoms with E-state index in [2.05, 4.69) is 26.2 Å². The van der Waals surface area contributed by atoms with Crippen LogP contribution in [0.2, 0.25) is 0 Å². The average molecular weight is 347 g/mol. The number of hydrogen-bond acceptors (Lipinski definition) is 1. The number of benzene rings is 2. The molecular formula is C16H12BrFN2O. The first kappa shape index (κ1) is 13.8. The van der Waals surface area contributed by atoms with Crippen LogP contribution in [0.3, 0.4) is 0 Å². The maximum Gasteiger partial charge on any atom is 0.228 e. The summed E-state index contributed by atoms with van der Waals surface area (Å²) in [6.07, 6.45) is 1.93. The van der Waals surface area contributed by atoms with Crippen molar-refractivity contribution in [2.24, 2.45) is 0 Å². The molecule has 3 aromatic rings. The van der Waals surface area contributed by atoms with Crippen LogP contribution in [-0.4, -0.2) is 10.9 Å². The van der Waals surface area contributed by atoms with E-state index in [4.69, 9.17) is 0 Å². The van der Waals surface area contributed by atoms with Crippen LogP contribution in [0.25, 0.3) is 10.9 Å². The first-order valence-electron chi connectivity index (χ1n) is 6.43. The Morgan fingerprint density at radius 3 is 2.86 bits per heavy atom. The van der Waals surface area contributed by atoms with Crippen molar-refractivity contribution in [1.29, 1.82) is 0 Å². The van der Waals surface area contributed by atoms with Gasteiger partial charge in [0, 0.05) is 21.6 Å². The predicted octanol–water partition coefficient (Wildman–Crippen LogP) is 4.25. The molecular weight excluding hydrogens is 335 g/mol. The van der Waals surface area contributed by atoms with Crippen LogP contribution >= 0.6 is 15.9 Å². The molecule has 5 heteroatoms. The first-order chi connectivity index (χ1) is 10.1. The minimum Gasteiger partial charge on any atom is -0.361 e. The van der Waals surface area contributed by atoms with Crippen molar-refractivity contribution >= 4 is 38.4 Å². The number of halogens is 2. The minimum atomic E-state index is -0.311. The maximum absolute atomic E-state index is 13.3. The SMILES string of the molecule is O=C(Cc1c[nH]c2ccc(F)cc12)Nc1ccccc1Br. The van der Waals surface area contributed by atoms with E-state index in [1.54, 1.807) is 12.3 Å². The fourth-order valence-corrected chi connectivity index (χ4v) is 2.61. The topological polar surface area (TPSA) is 44.9 Å². The molecule has 2 N–H and O–H groups in total. The molecule has 1 amide bonds. The number of H-pyrrole nitrogens is 1. The molecule has 1 heterocycles. The third kappa shape index (κ3) is 2.97. The van der Waals surface area contributed by atoms with E-state index in [1.807, 2.05) is 24.3 Å². The Morgan fingerprint density at radius 1 is 1.24 bits per heavy atom. The lowest BCUT2D eigenvalue weighted by Crippen LogP contribution is -2.14. The summed E-state index contributed by atoms with van der Waals surface area (Å²) < 4.78 is 14.1. The van der Waals surface area contributed by atoms with Crippen molar-refractivity contribution in [2.75, 3.05) is 5.32 Å². The van der Waals surface area contributed by atoms with Crippen LogP contribution in [-0.2, 0) is 11.2 Å². The van der Waals surface area contributed by atoms with Gasteiger partial charge < -0.3 is 10.3 Å². The molecule has 3 nitrogen and oxygen atoms in total. The molecule has 3 rings (SSSR count). The van der Waals surface area contributed by atoms with Crippen molar-refractivity contribution in [3.8, 4) is 0 Å². The Kier molecular flexibility index (Phi) is 3.75. The van der Waals surface area contributed by atoms with Crippen molar-refractivity contribution in [2.45, 2.75) is 6.42 Å². The number of carbonyl (C=O) groups excluding carboxylic acids is 1. The summed E-state index contributed by atoms with van der Waals surface area (Å²) in [5.74, 6) is -0.457. The maximum atomic E-state index is 13.3. The van der Waals surface area contributed by atoms with Gasteiger partial charge in [0.2, 0.25) is 5.91 Å². The van der Waals surface area contributed by atoms with Crippen LogP contribution in [0.4, 0.5) is 10.1 Å². The Balaban J connectivity index is 1.80. The second kappa shape index (κ2) is 5.69. The first-order valence-corrected chi connectivity index (χ1v) is 7.22. The highest BCUT2D eigenvalue weighted by atomic mass is 79.9. The summed E-state index contributed by atoms with van der Waals surface area (Å²) in [5, 5.41) is 3.57. The molecule has 2 aromatic carbocycles. The van der Waals surface area contributed by atoms with E-state index in [0.29, 0.717) is 5.69 Å². The Bertz CT molecular complexity index is 813. The van der Waals surface area contributed by atoms with Gasteiger partial charge in [-0.2, -0.15) is 0 Å². The van der Waals surface area contributed by atoms with Gasteiger partial charge in [-0.25, -0.2) is 4.39 Å². The van der Waals surface area contributed by atoms with Crippen LogP contribution in [0, 0.1) is 5.82 Å². The smallest absolute Gasteiger partial charge is 0.228 e. The van der Waals surface area contributed by atoms with Crippen molar-refractivity contribution in [3.63, 3.8) is 0 Å². The molecule has 0 spiro atoms. The highest BCUT2D eigenvalue weighted by molar-refractivity contribution is 9.10. The van der Waals surface area contributed by atoms with Gasteiger partial charge in [-0.3, -0.25) is 4.79 Å². The highest BCUT2D eigenvalue weighted by Crippen LogP contribution is 2.23. The fourth-order valence-electron chi connectivity index (χ4n) is 2.23. The summed E-state index contributed by atoms with van der Waals surface area (Å²) in [4.78, 5) is 15.2. The molecule has 0 saturated carbocycles. The zero-order chi connectivity index (χ0) is 14.8. The number of anilines is 1. The number of amides is 1. The van der Waals surface area contributed by atoms with Gasteiger partial charge in [-0.05, 0) is 51.8 Å².